The highest BCUT2D eigenvalue weighted by atomic mass is 35.5. The van der Waals surface area contributed by atoms with Crippen LogP contribution in [0, 0.1) is 5.82 Å². The number of ether oxygens (including phenoxy) is 2. The van der Waals surface area contributed by atoms with Gasteiger partial charge in [0.25, 0.3) is 0 Å². The van der Waals surface area contributed by atoms with E-state index in [2.05, 4.69) is 25.3 Å². The van der Waals surface area contributed by atoms with Crippen LogP contribution in [0.5, 0.6) is 6.01 Å². The molecule has 29 heavy (non-hydrogen) atoms. The molecule has 1 fully saturated rings. The normalized spacial score (nSPS) is 24.2. The third-order valence-electron chi connectivity index (χ3n) is 4.46. The summed E-state index contributed by atoms with van der Waals surface area (Å²) in [5.74, 6) is -0.117. The van der Waals surface area contributed by atoms with Crippen LogP contribution in [0.3, 0.4) is 0 Å². The average molecular weight is 426 g/mol. The van der Waals surface area contributed by atoms with Crippen molar-refractivity contribution >= 4 is 28.6 Å². The highest BCUT2D eigenvalue weighted by Crippen LogP contribution is 2.26. The molecule has 0 unspecified atom stereocenters. The molecule has 10 nitrogen and oxygen atoms in total. The average Bonchev–Trinajstić information content (AvgIpc) is 3.27. The molecule has 0 aliphatic carbocycles. The van der Waals surface area contributed by atoms with Crippen LogP contribution in [0.1, 0.15) is 5.56 Å². The van der Waals surface area contributed by atoms with Gasteiger partial charge in [-0.2, -0.15) is 9.97 Å². The zero-order chi connectivity index (χ0) is 20.5. The lowest BCUT2D eigenvalue weighted by Gasteiger charge is -2.18. The van der Waals surface area contributed by atoms with Gasteiger partial charge in [-0.05, 0) is 17.7 Å². The Morgan fingerprint density at radius 1 is 1.31 bits per heavy atom. The number of imidazole rings is 1. The number of H-pyrrole nitrogens is 1. The van der Waals surface area contributed by atoms with E-state index in [-0.39, 0.29) is 23.2 Å². The lowest BCUT2D eigenvalue weighted by molar-refractivity contribution is -0.129. The number of benzene rings is 1. The van der Waals surface area contributed by atoms with Crippen LogP contribution in [-0.2, 0) is 11.3 Å². The summed E-state index contributed by atoms with van der Waals surface area (Å²) in [5.41, 5.74) is 1.42. The Morgan fingerprint density at radius 2 is 2.14 bits per heavy atom. The number of nitrogens with zero attached hydrogens (tertiary/aromatic N) is 3. The molecule has 1 aliphatic heterocycles. The monoisotopic (exact) mass is 425 g/mol. The van der Waals surface area contributed by atoms with Crippen molar-refractivity contribution in [1.29, 1.82) is 0 Å². The van der Waals surface area contributed by atoms with Crippen LogP contribution in [0.15, 0.2) is 24.5 Å². The van der Waals surface area contributed by atoms with Crippen LogP contribution >= 0.6 is 11.6 Å². The molecule has 0 amide bonds. The predicted molar refractivity (Wildman–Crippen MR) is 98.8 cm³/mol. The predicted octanol–water partition coefficient (Wildman–Crippen LogP) is 0.575. The summed E-state index contributed by atoms with van der Waals surface area (Å²) in [6.07, 6.45) is -3.49. The van der Waals surface area contributed by atoms with Gasteiger partial charge in [-0.25, -0.2) is 9.37 Å². The van der Waals surface area contributed by atoms with Gasteiger partial charge in [-0.3, -0.25) is 0 Å². The maximum absolute atomic E-state index is 13.2. The maximum atomic E-state index is 13.2. The van der Waals surface area contributed by atoms with E-state index in [9.17, 15) is 19.7 Å². The van der Waals surface area contributed by atoms with Gasteiger partial charge >= 0.3 is 6.01 Å². The van der Waals surface area contributed by atoms with Gasteiger partial charge in [0.1, 0.15) is 23.5 Å². The molecule has 0 radical (unpaired) electrons. The summed E-state index contributed by atoms with van der Waals surface area (Å²) in [7, 11) is 0. The number of aliphatic hydroxyl groups excluding tert-OH is 3. The largest absolute Gasteiger partial charge is 0.452 e. The Labute approximate surface area is 168 Å². The number of aromatic amines is 1. The Morgan fingerprint density at radius 3 is 2.86 bits per heavy atom. The van der Waals surface area contributed by atoms with Crippen molar-refractivity contribution in [3.8, 4) is 6.01 Å². The van der Waals surface area contributed by atoms with E-state index >= 15 is 0 Å². The molecular formula is C17H17ClFN5O5. The summed E-state index contributed by atoms with van der Waals surface area (Å²) in [4.78, 5) is 15.3. The lowest BCUT2D eigenvalue weighted by Crippen LogP contribution is -2.39. The van der Waals surface area contributed by atoms with E-state index in [4.69, 9.17) is 21.1 Å². The molecule has 3 aromatic rings. The second kappa shape index (κ2) is 8.05. The number of aromatic nitrogens is 4. The third kappa shape index (κ3) is 3.95. The molecule has 12 heteroatoms. The lowest BCUT2D eigenvalue weighted by atomic mass is 10.1. The molecule has 4 rings (SSSR count). The van der Waals surface area contributed by atoms with Crippen LogP contribution < -0.4 is 10.1 Å². The molecule has 1 aromatic carbocycles. The Bertz CT molecular complexity index is 1020. The van der Waals surface area contributed by atoms with Gasteiger partial charge in [0.2, 0.25) is 0 Å². The van der Waals surface area contributed by atoms with Gasteiger partial charge in [-0.1, -0.05) is 17.7 Å². The first-order valence-electron chi connectivity index (χ1n) is 8.64. The number of nitrogens with one attached hydrogen (secondary N) is 2. The highest BCUT2D eigenvalue weighted by Gasteiger charge is 2.45. The van der Waals surface area contributed by atoms with E-state index in [0.29, 0.717) is 16.9 Å². The van der Waals surface area contributed by atoms with Crippen molar-refractivity contribution in [3.05, 3.63) is 40.9 Å². The molecule has 5 N–H and O–H groups in total. The molecule has 2 aromatic heterocycles. The van der Waals surface area contributed by atoms with E-state index in [1.807, 2.05) is 0 Å². The van der Waals surface area contributed by atoms with E-state index in [1.54, 1.807) is 6.07 Å². The Hall–Kier alpha value is -2.57. The number of halogens is 2. The van der Waals surface area contributed by atoms with Crippen LogP contribution in [0.25, 0.3) is 11.2 Å². The summed E-state index contributed by atoms with van der Waals surface area (Å²) < 4.78 is 23.8. The summed E-state index contributed by atoms with van der Waals surface area (Å²) >= 11 is 6.05. The van der Waals surface area contributed by atoms with E-state index in [0.717, 1.165) is 0 Å². The van der Waals surface area contributed by atoms with Crippen molar-refractivity contribution in [2.75, 3.05) is 11.9 Å². The van der Waals surface area contributed by atoms with Crippen LogP contribution in [0.2, 0.25) is 5.02 Å². The van der Waals surface area contributed by atoms with E-state index < -0.39 is 37.0 Å². The fourth-order valence-corrected chi connectivity index (χ4v) is 3.19. The molecule has 0 saturated carbocycles. The second-order valence-corrected chi connectivity index (χ2v) is 6.77. The first-order valence-corrected chi connectivity index (χ1v) is 9.02. The number of rotatable bonds is 6. The van der Waals surface area contributed by atoms with Crippen LogP contribution in [0.4, 0.5) is 10.2 Å². The number of anilines is 1. The minimum absolute atomic E-state index is 0.164. The van der Waals surface area contributed by atoms with Gasteiger partial charge in [0.15, 0.2) is 23.9 Å². The third-order valence-corrected chi connectivity index (χ3v) is 4.81. The number of aliphatic hydroxyl groups is 3. The first kappa shape index (κ1) is 19.7. The van der Waals surface area contributed by atoms with Crippen molar-refractivity contribution in [2.24, 2.45) is 0 Å². The first-order chi connectivity index (χ1) is 14.0. The minimum Gasteiger partial charge on any atom is -0.452 e. The number of fused-ring (bicyclic) bond motifs is 1. The minimum atomic E-state index is -1.46. The molecule has 4 atom stereocenters. The quantitative estimate of drug-likeness (QED) is 0.382. The van der Waals surface area contributed by atoms with Gasteiger partial charge in [-0.15, -0.1) is 0 Å². The van der Waals surface area contributed by atoms with Crippen LogP contribution in [-0.4, -0.2) is 66.5 Å². The fraction of sp³-hybridized carbons (Fsp3) is 0.353. The van der Waals surface area contributed by atoms with Crippen molar-refractivity contribution < 1.29 is 29.2 Å². The summed E-state index contributed by atoms with van der Waals surface area (Å²) in [6.45, 7) is -0.253. The molecule has 1 aliphatic rings. The number of hydrogen-bond acceptors (Lipinski definition) is 9. The standard InChI is InChI=1S/C17H17ClFN5O5/c18-9-3-8(19)2-1-7(9)4-20-14-11-15(22-6-21-11)24-17(23-14)29-13-12(26)10(5-25)28-16(13)27/h1-3,6,10,12-13,16,25-27H,4-5H2,(H2,20,21,22,23,24)/t10-,12-,13+,16-/m1/s1. The summed E-state index contributed by atoms with van der Waals surface area (Å²) in [5, 5.41) is 32.5. The SMILES string of the molecule is OC[C@H]1O[C@@H](O)[C@@H](Oc2nc(NCc3ccc(F)cc3Cl)c3[nH]cnc3n2)[C@@H]1O. The Kier molecular flexibility index (Phi) is 5.48. The fourth-order valence-electron chi connectivity index (χ4n) is 2.96. The topological polar surface area (TPSA) is 146 Å². The summed E-state index contributed by atoms with van der Waals surface area (Å²) in [6, 6.07) is 3.89. The molecule has 0 spiro atoms. The number of hydrogen-bond donors (Lipinski definition) is 5. The van der Waals surface area contributed by atoms with Gasteiger partial charge in [0, 0.05) is 11.6 Å². The van der Waals surface area contributed by atoms with Gasteiger partial charge in [0.05, 0.1) is 12.9 Å². The Balaban J connectivity index is 1.57. The molecule has 3 heterocycles. The van der Waals surface area contributed by atoms with Gasteiger partial charge < -0.3 is 35.1 Å². The molecule has 1 saturated heterocycles. The molecule has 0 bridgehead atoms. The maximum Gasteiger partial charge on any atom is 0.321 e. The smallest absolute Gasteiger partial charge is 0.321 e. The molecule has 154 valence electrons. The van der Waals surface area contributed by atoms with Crippen molar-refractivity contribution in [2.45, 2.75) is 31.1 Å². The van der Waals surface area contributed by atoms with Crippen molar-refractivity contribution in [1.82, 2.24) is 19.9 Å². The zero-order valence-corrected chi connectivity index (χ0v) is 15.5. The second-order valence-electron chi connectivity index (χ2n) is 6.37. The molecular weight excluding hydrogens is 409 g/mol. The van der Waals surface area contributed by atoms with E-state index in [1.165, 1.54) is 18.5 Å². The highest BCUT2D eigenvalue weighted by molar-refractivity contribution is 6.31. The zero-order valence-electron chi connectivity index (χ0n) is 14.8. The van der Waals surface area contributed by atoms with Crippen molar-refractivity contribution in [3.63, 3.8) is 0 Å².